The largest absolute Gasteiger partial charge is 0.507 e. The molecule has 0 aliphatic carbocycles. The Kier molecular flexibility index (Phi) is 4.56. The quantitative estimate of drug-likeness (QED) is 0.273. The second-order valence-corrected chi connectivity index (χ2v) is 12.2. The number of benzene rings is 3. The van der Waals surface area contributed by atoms with Gasteiger partial charge < -0.3 is 14.8 Å². The molecule has 0 fully saturated rings. The monoisotopic (exact) mass is 455 g/mol. The molecule has 1 aliphatic heterocycles. The SMILES string of the molecule is CC1(C)C=Cc2c(cc(O)c3c(=O)c4cc5cc(C(C)(C)C)c(C(C)(C)C)cc5cc4[nH]c23)O1. The van der Waals surface area contributed by atoms with Crippen LogP contribution in [0.3, 0.4) is 0 Å². The van der Waals surface area contributed by atoms with E-state index >= 15 is 0 Å². The molecule has 4 heteroatoms. The maximum atomic E-state index is 13.6. The molecule has 4 aromatic rings. The van der Waals surface area contributed by atoms with Crippen molar-refractivity contribution in [2.75, 3.05) is 0 Å². The average molecular weight is 456 g/mol. The highest BCUT2D eigenvalue weighted by molar-refractivity contribution is 6.05. The molecule has 0 unspecified atom stereocenters. The molecule has 3 aromatic carbocycles. The van der Waals surface area contributed by atoms with Crippen molar-refractivity contribution in [3.63, 3.8) is 0 Å². The van der Waals surface area contributed by atoms with Gasteiger partial charge in [-0.25, -0.2) is 0 Å². The van der Waals surface area contributed by atoms with Crippen LogP contribution < -0.4 is 10.2 Å². The number of phenolic OH excluding ortho intramolecular Hbond substituents is 1. The van der Waals surface area contributed by atoms with Crippen molar-refractivity contribution < 1.29 is 9.84 Å². The Hall–Kier alpha value is -3.27. The van der Waals surface area contributed by atoms with Gasteiger partial charge in [0, 0.05) is 17.0 Å². The minimum Gasteiger partial charge on any atom is -0.507 e. The fourth-order valence-corrected chi connectivity index (χ4v) is 5.02. The van der Waals surface area contributed by atoms with Crippen molar-refractivity contribution >= 4 is 38.7 Å². The predicted octanol–water partition coefficient (Wildman–Crippen LogP) is 7.32. The molecule has 2 N–H and O–H groups in total. The fraction of sp³-hybridized carbons (Fsp3) is 0.367. The van der Waals surface area contributed by atoms with E-state index in [1.807, 2.05) is 32.1 Å². The first kappa shape index (κ1) is 22.5. The van der Waals surface area contributed by atoms with Crippen LogP contribution in [0.4, 0.5) is 0 Å². The average Bonchev–Trinajstić information content (AvgIpc) is 2.69. The standard InChI is InChI=1S/C30H33NO3/c1-28(2,3)20-12-16-11-19-22(14-17(16)13-21(20)29(4,5)6)31-26-18-9-10-30(7,8)34-24(18)15-23(32)25(26)27(19)33/h9-15,32H,1-8H3,(H,31,33). The molecule has 176 valence electrons. The van der Waals surface area contributed by atoms with E-state index in [9.17, 15) is 9.90 Å². The van der Waals surface area contributed by atoms with Gasteiger partial charge in [-0.15, -0.1) is 0 Å². The van der Waals surface area contributed by atoms with E-state index in [4.69, 9.17) is 4.74 Å². The smallest absolute Gasteiger partial charge is 0.200 e. The number of ether oxygens (including phenoxy) is 1. The van der Waals surface area contributed by atoms with E-state index in [0.717, 1.165) is 21.9 Å². The van der Waals surface area contributed by atoms with Crippen molar-refractivity contribution in [1.29, 1.82) is 0 Å². The molecule has 0 radical (unpaired) electrons. The number of aromatic nitrogens is 1. The maximum Gasteiger partial charge on any atom is 0.200 e. The minimum atomic E-state index is -0.478. The molecular weight excluding hydrogens is 422 g/mol. The summed E-state index contributed by atoms with van der Waals surface area (Å²) in [4.78, 5) is 17.1. The Morgan fingerprint density at radius 2 is 1.47 bits per heavy atom. The zero-order chi connectivity index (χ0) is 24.8. The molecule has 0 atom stereocenters. The van der Waals surface area contributed by atoms with Gasteiger partial charge in [0.2, 0.25) is 5.43 Å². The summed E-state index contributed by atoms with van der Waals surface area (Å²) in [6, 6.07) is 10.1. The van der Waals surface area contributed by atoms with Crippen molar-refractivity contribution in [3.05, 3.63) is 63.3 Å². The minimum absolute atomic E-state index is 0.0116. The van der Waals surface area contributed by atoms with Crippen LogP contribution >= 0.6 is 0 Å². The molecule has 0 spiro atoms. The normalized spacial score (nSPS) is 15.6. The number of fused-ring (bicyclic) bond motifs is 5. The molecule has 0 amide bonds. The summed E-state index contributed by atoms with van der Waals surface area (Å²) in [6.45, 7) is 17.3. The third-order valence-corrected chi connectivity index (χ3v) is 6.79. The lowest BCUT2D eigenvalue weighted by molar-refractivity contribution is 0.159. The number of rotatable bonds is 0. The first-order chi connectivity index (χ1) is 15.7. The van der Waals surface area contributed by atoms with Gasteiger partial charge in [-0.2, -0.15) is 0 Å². The van der Waals surface area contributed by atoms with Crippen LogP contribution in [-0.2, 0) is 10.8 Å². The second kappa shape index (κ2) is 6.88. The Labute approximate surface area is 200 Å². The van der Waals surface area contributed by atoms with Gasteiger partial charge in [0.05, 0.1) is 16.4 Å². The van der Waals surface area contributed by atoms with Crippen LogP contribution in [-0.4, -0.2) is 15.7 Å². The lowest BCUT2D eigenvalue weighted by Crippen LogP contribution is -2.27. The maximum absolute atomic E-state index is 13.6. The van der Waals surface area contributed by atoms with Gasteiger partial charge in [-0.3, -0.25) is 4.79 Å². The van der Waals surface area contributed by atoms with Crippen LogP contribution in [0.25, 0.3) is 38.7 Å². The molecule has 2 heterocycles. The molecule has 0 saturated carbocycles. The van der Waals surface area contributed by atoms with E-state index in [1.54, 1.807) is 6.07 Å². The predicted molar refractivity (Wildman–Crippen MR) is 142 cm³/mol. The molecule has 34 heavy (non-hydrogen) atoms. The first-order valence-corrected chi connectivity index (χ1v) is 11.9. The van der Waals surface area contributed by atoms with Gasteiger partial charge in [-0.05, 0) is 70.9 Å². The van der Waals surface area contributed by atoms with Crippen molar-refractivity contribution in [2.24, 2.45) is 0 Å². The van der Waals surface area contributed by atoms with Crippen LogP contribution in [0.1, 0.15) is 72.1 Å². The van der Waals surface area contributed by atoms with Gasteiger partial charge in [0.15, 0.2) is 0 Å². The first-order valence-electron chi connectivity index (χ1n) is 11.9. The second-order valence-electron chi connectivity index (χ2n) is 12.2. The topological polar surface area (TPSA) is 62.3 Å². The van der Waals surface area contributed by atoms with Crippen molar-refractivity contribution in [3.8, 4) is 11.5 Å². The lowest BCUT2D eigenvalue weighted by Gasteiger charge is -2.30. The van der Waals surface area contributed by atoms with Gasteiger partial charge in [0.1, 0.15) is 17.1 Å². The fourth-order valence-electron chi connectivity index (χ4n) is 5.02. The van der Waals surface area contributed by atoms with Crippen molar-refractivity contribution in [2.45, 2.75) is 71.8 Å². The lowest BCUT2D eigenvalue weighted by atomic mass is 9.74. The van der Waals surface area contributed by atoms with Gasteiger partial charge in [0.25, 0.3) is 0 Å². The van der Waals surface area contributed by atoms with E-state index in [2.05, 4.69) is 64.7 Å². The Morgan fingerprint density at radius 3 is 2.06 bits per heavy atom. The number of H-pyrrole nitrogens is 1. The molecule has 4 nitrogen and oxygen atoms in total. The Balaban J connectivity index is 1.88. The summed E-state index contributed by atoms with van der Waals surface area (Å²) in [7, 11) is 0. The van der Waals surface area contributed by atoms with E-state index in [-0.39, 0.29) is 22.0 Å². The summed E-state index contributed by atoms with van der Waals surface area (Å²) < 4.78 is 6.06. The van der Waals surface area contributed by atoms with Crippen molar-refractivity contribution in [1.82, 2.24) is 4.98 Å². The number of hydrogen-bond acceptors (Lipinski definition) is 3. The highest BCUT2D eigenvalue weighted by atomic mass is 16.5. The molecule has 1 aromatic heterocycles. The third-order valence-electron chi connectivity index (χ3n) is 6.79. The summed E-state index contributed by atoms with van der Waals surface area (Å²) in [6.07, 6.45) is 3.94. The number of phenols is 1. The van der Waals surface area contributed by atoms with E-state index in [0.29, 0.717) is 22.0 Å². The van der Waals surface area contributed by atoms with E-state index < -0.39 is 5.60 Å². The molecule has 0 saturated heterocycles. The number of aromatic hydroxyl groups is 1. The van der Waals surface area contributed by atoms with Gasteiger partial charge >= 0.3 is 0 Å². The number of nitrogens with one attached hydrogen (secondary N) is 1. The summed E-state index contributed by atoms with van der Waals surface area (Å²) in [5.41, 5.74) is 4.02. The number of pyridine rings is 1. The highest BCUT2D eigenvalue weighted by Gasteiger charge is 2.27. The number of hydrogen-bond donors (Lipinski definition) is 2. The third kappa shape index (κ3) is 3.48. The summed E-state index contributed by atoms with van der Waals surface area (Å²) >= 11 is 0. The zero-order valence-electron chi connectivity index (χ0n) is 21.3. The van der Waals surface area contributed by atoms with Crippen LogP contribution in [0.15, 0.2) is 41.2 Å². The Bertz CT molecular complexity index is 1590. The summed E-state index contributed by atoms with van der Waals surface area (Å²) in [5.74, 6) is 0.500. The molecule has 0 bridgehead atoms. The van der Waals surface area contributed by atoms with Crippen LogP contribution in [0.5, 0.6) is 11.5 Å². The van der Waals surface area contributed by atoms with Crippen LogP contribution in [0.2, 0.25) is 0 Å². The molecule has 1 aliphatic rings. The molecular formula is C30H33NO3. The Morgan fingerprint density at radius 1 is 0.882 bits per heavy atom. The number of aromatic amines is 1. The molecule has 5 rings (SSSR count). The summed E-state index contributed by atoms with van der Waals surface area (Å²) in [5, 5.41) is 13.8. The van der Waals surface area contributed by atoms with Crippen LogP contribution in [0, 0.1) is 0 Å². The highest BCUT2D eigenvalue weighted by Crippen LogP contribution is 2.41. The van der Waals surface area contributed by atoms with Gasteiger partial charge in [-0.1, -0.05) is 53.7 Å². The zero-order valence-corrected chi connectivity index (χ0v) is 21.3. The van der Waals surface area contributed by atoms with E-state index in [1.165, 1.54) is 11.1 Å².